The molecule has 0 saturated carbocycles. The maximum atomic E-state index is 12.6. The average Bonchev–Trinajstić information content (AvgIpc) is 3.01. The van der Waals surface area contributed by atoms with Crippen LogP contribution in [0.1, 0.15) is 30.5 Å². The van der Waals surface area contributed by atoms with E-state index in [0.29, 0.717) is 11.3 Å². The molecule has 0 bridgehead atoms. The molecule has 0 aliphatic carbocycles. The van der Waals surface area contributed by atoms with Crippen molar-refractivity contribution < 1.29 is 28.7 Å². The fourth-order valence-corrected chi connectivity index (χ4v) is 4.04. The second-order valence-corrected chi connectivity index (χ2v) is 9.03. The molecular formula is C25H26N2O6S. The highest BCUT2D eigenvalue weighted by Gasteiger charge is 2.36. The van der Waals surface area contributed by atoms with Gasteiger partial charge < -0.3 is 14.8 Å². The van der Waals surface area contributed by atoms with Crippen molar-refractivity contribution >= 4 is 46.5 Å². The van der Waals surface area contributed by atoms with Gasteiger partial charge in [0.25, 0.3) is 17.1 Å². The summed E-state index contributed by atoms with van der Waals surface area (Å²) >= 11 is 0.751. The lowest BCUT2D eigenvalue weighted by molar-refractivity contribution is -0.149. The van der Waals surface area contributed by atoms with Crippen LogP contribution in [-0.2, 0) is 19.1 Å². The van der Waals surface area contributed by atoms with E-state index in [4.69, 9.17) is 9.47 Å². The number of carbonyl (C=O) groups excluding carboxylic acids is 4. The van der Waals surface area contributed by atoms with E-state index < -0.39 is 23.7 Å². The van der Waals surface area contributed by atoms with E-state index in [1.807, 2.05) is 32.0 Å². The standard InChI is InChI=1S/C25H26N2O6S/c1-15(2)33-23(29)13-27-24(30)21(34-25(27)31)12-18-6-5-7-19(11-18)32-14-22(28)26-20-9-8-16(3)10-17(20)4/h5-12,15H,13-14H2,1-4H3,(H,26,28)/b21-12-. The number of aryl methyl sites for hydroxylation is 2. The summed E-state index contributed by atoms with van der Waals surface area (Å²) in [4.78, 5) is 49.9. The number of benzene rings is 2. The van der Waals surface area contributed by atoms with Crippen molar-refractivity contribution in [3.05, 3.63) is 64.1 Å². The number of anilines is 1. The first-order valence-corrected chi connectivity index (χ1v) is 11.5. The lowest BCUT2D eigenvalue weighted by Gasteiger charge is -2.13. The van der Waals surface area contributed by atoms with Gasteiger partial charge in [0.15, 0.2) is 6.61 Å². The number of carbonyl (C=O) groups is 4. The van der Waals surface area contributed by atoms with Crippen LogP contribution in [0.2, 0.25) is 0 Å². The van der Waals surface area contributed by atoms with E-state index in [9.17, 15) is 19.2 Å². The summed E-state index contributed by atoms with van der Waals surface area (Å²) in [6, 6.07) is 12.5. The summed E-state index contributed by atoms with van der Waals surface area (Å²) in [5, 5.41) is 2.28. The summed E-state index contributed by atoms with van der Waals surface area (Å²) in [6.45, 7) is 6.66. The Hall–Kier alpha value is -3.59. The smallest absolute Gasteiger partial charge is 0.326 e. The van der Waals surface area contributed by atoms with Gasteiger partial charge in [-0.05, 0) is 74.9 Å². The average molecular weight is 483 g/mol. The summed E-state index contributed by atoms with van der Waals surface area (Å²) in [5.41, 5.74) is 3.40. The highest BCUT2D eigenvalue weighted by atomic mass is 32.2. The Labute approximate surface area is 202 Å². The maximum Gasteiger partial charge on any atom is 0.326 e. The number of rotatable bonds is 8. The van der Waals surface area contributed by atoms with Crippen LogP contribution >= 0.6 is 11.8 Å². The van der Waals surface area contributed by atoms with E-state index in [1.54, 1.807) is 44.2 Å². The largest absolute Gasteiger partial charge is 0.484 e. The predicted octanol–water partition coefficient (Wildman–Crippen LogP) is 4.31. The SMILES string of the molecule is Cc1ccc(NC(=O)COc2cccc(/C=C3\SC(=O)N(CC(=O)OC(C)C)C3=O)c2)c(C)c1. The molecule has 178 valence electrons. The molecule has 0 atom stereocenters. The molecular weight excluding hydrogens is 456 g/mol. The van der Waals surface area contributed by atoms with Crippen molar-refractivity contribution in [3.63, 3.8) is 0 Å². The third kappa shape index (κ3) is 6.71. The summed E-state index contributed by atoms with van der Waals surface area (Å²) < 4.78 is 10.6. The molecule has 1 N–H and O–H groups in total. The zero-order chi connectivity index (χ0) is 24.8. The Bertz CT molecular complexity index is 1160. The Balaban J connectivity index is 1.61. The lowest BCUT2D eigenvalue weighted by atomic mass is 10.1. The monoisotopic (exact) mass is 482 g/mol. The molecule has 1 heterocycles. The first-order valence-electron chi connectivity index (χ1n) is 10.7. The Kier molecular flexibility index (Phi) is 8.12. The van der Waals surface area contributed by atoms with Crippen LogP contribution in [0.15, 0.2) is 47.4 Å². The number of hydrogen-bond acceptors (Lipinski definition) is 7. The van der Waals surface area contributed by atoms with Gasteiger partial charge in [-0.15, -0.1) is 0 Å². The van der Waals surface area contributed by atoms with E-state index in [2.05, 4.69) is 5.32 Å². The summed E-state index contributed by atoms with van der Waals surface area (Å²) in [7, 11) is 0. The highest BCUT2D eigenvalue weighted by Crippen LogP contribution is 2.32. The molecule has 1 saturated heterocycles. The van der Waals surface area contributed by atoms with Gasteiger partial charge in [0.2, 0.25) is 0 Å². The van der Waals surface area contributed by atoms with Gasteiger partial charge in [0.05, 0.1) is 11.0 Å². The number of ether oxygens (including phenoxy) is 2. The number of esters is 1. The fraction of sp³-hybridized carbons (Fsp3) is 0.280. The third-order valence-corrected chi connectivity index (χ3v) is 5.62. The number of amides is 3. The van der Waals surface area contributed by atoms with Gasteiger partial charge in [-0.3, -0.25) is 24.1 Å². The number of hydrogen-bond donors (Lipinski definition) is 1. The molecule has 8 nitrogen and oxygen atoms in total. The van der Waals surface area contributed by atoms with Crippen LogP contribution < -0.4 is 10.1 Å². The van der Waals surface area contributed by atoms with E-state index in [-0.39, 0.29) is 23.5 Å². The molecule has 1 aliphatic rings. The molecule has 0 unspecified atom stereocenters. The molecule has 0 aromatic heterocycles. The molecule has 3 amide bonds. The summed E-state index contributed by atoms with van der Waals surface area (Å²) in [5.74, 6) is -1.07. The maximum absolute atomic E-state index is 12.6. The number of thioether (sulfide) groups is 1. The van der Waals surface area contributed by atoms with Crippen LogP contribution in [-0.4, -0.2) is 47.2 Å². The minimum Gasteiger partial charge on any atom is -0.484 e. The van der Waals surface area contributed by atoms with Crippen molar-refractivity contribution in [2.75, 3.05) is 18.5 Å². The quantitative estimate of drug-likeness (QED) is 0.442. The molecule has 2 aromatic carbocycles. The van der Waals surface area contributed by atoms with Gasteiger partial charge in [-0.25, -0.2) is 0 Å². The molecule has 1 fully saturated rings. The van der Waals surface area contributed by atoms with Crippen LogP contribution in [0.3, 0.4) is 0 Å². The van der Waals surface area contributed by atoms with Crippen molar-refractivity contribution in [3.8, 4) is 5.75 Å². The van der Waals surface area contributed by atoms with Gasteiger partial charge >= 0.3 is 5.97 Å². The zero-order valence-electron chi connectivity index (χ0n) is 19.4. The molecule has 0 radical (unpaired) electrons. The molecule has 3 rings (SSSR count). The lowest BCUT2D eigenvalue weighted by Crippen LogP contribution is -2.35. The van der Waals surface area contributed by atoms with Crippen molar-refractivity contribution in [1.29, 1.82) is 0 Å². The Morgan fingerprint density at radius 2 is 1.88 bits per heavy atom. The van der Waals surface area contributed by atoms with Crippen LogP contribution in [0.25, 0.3) is 6.08 Å². The van der Waals surface area contributed by atoms with E-state index >= 15 is 0 Å². The van der Waals surface area contributed by atoms with Crippen molar-refractivity contribution in [2.45, 2.75) is 33.8 Å². The van der Waals surface area contributed by atoms with Gasteiger partial charge in [-0.2, -0.15) is 0 Å². The number of nitrogens with zero attached hydrogens (tertiary/aromatic N) is 1. The molecule has 1 aliphatic heterocycles. The zero-order valence-corrected chi connectivity index (χ0v) is 20.2. The molecule has 9 heteroatoms. The molecule has 2 aromatic rings. The molecule has 0 spiro atoms. The predicted molar refractivity (Wildman–Crippen MR) is 130 cm³/mol. The Morgan fingerprint density at radius 1 is 1.12 bits per heavy atom. The van der Waals surface area contributed by atoms with Crippen LogP contribution in [0.4, 0.5) is 10.5 Å². The topological polar surface area (TPSA) is 102 Å². The van der Waals surface area contributed by atoms with Gasteiger partial charge in [0, 0.05) is 5.69 Å². The van der Waals surface area contributed by atoms with Gasteiger partial charge in [0.1, 0.15) is 12.3 Å². The normalized spacial score (nSPS) is 14.6. The molecule has 34 heavy (non-hydrogen) atoms. The second kappa shape index (κ2) is 11.0. The minimum atomic E-state index is -0.645. The van der Waals surface area contributed by atoms with Gasteiger partial charge in [-0.1, -0.05) is 29.8 Å². The minimum absolute atomic E-state index is 0.187. The van der Waals surface area contributed by atoms with Crippen molar-refractivity contribution in [2.24, 2.45) is 0 Å². The second-order valence-electron chi connectivity index (χ2n) is 8.03. The van der Waals surface area contributed by atoms with E-state index in [1.165, 1.54) is 0 Å². The Morgan fingerprint density at radius 3 is 2.59 bits per heavy atom. The highest BCUT2D eigenvalue weighted by molar-refractivity contribution is 8.18. The van der Waals surface area contributed by atoms with Crippen LogP contribution in [0, 0.1) is 13.8 Å². The van der Waals surface area contributed by atoms with Crippen LogP contribution in [0.5, 0.6) is 5.75 Å². The third-order valence-electron chi connectivity index (χ3n) is 4.71. The number of nitrogens with one attached hydrogen (secondary N) is 1. The van der Waals surface area contributed by atoms with Crippen molar-refractivity contribution in [1.82, 2.24) is 4.90 Å². The van der Waals surface area contributed by atoms with E-state index in [0.717, 1.165) is 33.5 Å². The first-order chi connectivity index (χ1) is 16.1. The number of imide groups is 1. The first kappa shape index (κ1) is 25.0. The summed E-state index contributed by atoms with van der Waals surface area (Å²) in [6.07, 6.45) is 1.20. The fourth-order valence-electron chi connectivity index (χ4n) is 3.20.